The SMILES string of the molecule is C=C(C(=C\N=C(c1cn[nH]c1Cl)C(C)CC)/C(=C\C)C(=O)C1COc2ccc(Cl)cc2C1)C(C)CC. The summed E-state index contributed by atoms with van der Waals surface area (Å²) in [6.07, 6.45) is 7.68. The van der Waals surface area contributed by atoms with Gasteiger partial charge in [0, 0.05) is 22.4 Å². The van der Waals surface area contributed by atoms with Gasteiger partial charge in [-0.05, 0) is 67.4 Å². The monoisotopic (exact) mass is 527 g/mol. The zero-order chi connectivity index (χ0) is 26.4. The third kappa shape index (κ3) is 6.19. The molecule has 1 aliphatic heterocycles. The van der Waals surface area contributed by atoms with Gasteiger partial charge in [0.05, 0.1) is 30.0 Å². The Labute approximate surface area is 224 Å². The Morgan fingerprint density at radius 3 is 2.58 bits per heavy atom. The molecule has 0 saturated heterocycles. The van der Waals surface area contributed by atoms with Crippen LogP contribution in [0.5, 0.6) is 5.75 Å². The van der Waals surface area contributed by atoms with E-state index in [0.29, 0.717) is 28.8 Å². The van der Waals surface area contributed by atoms with Crippen molar-refractivity contribution in [3.63, 3.8) is 0 Å². The van der Waals surface area contributed by atoms with E-state index in [0.717, 1.165) is 46.6 Å². The number of rotatable bonds is 10. The number of aliphatic imine (C=N–C) groups is 1. The fourth-order valence-corrected chi connectivity index (χ4v) is 4.65. The molecule has 1 N–H and O–H groups in total. The molecule has 0 amide bonds. The van der Waals surface area contributed by atoms with Crippen molar-refractivity contribution in [2.75, 3.05) is 6.61 Å². The van der Waals surface area contributed by atoms with Crippen LogP contribution >= 0.6 is 23.2 Å². The minimum absolute atomic E-state index is 0.0143. The molecule has 1 aliphatic rings. The van der Waals surface area contributed by atoms with Gasteiger partial charge in [-0.3, -0.25) is 14.9 Å². The van der Waals surface area contributed by atoms with Crippen molar-refractivity contribution in [1.29, 1.82) is 0 Å². The van der Waals surface area contributed by atoms with E-state index in [1.807, 2.05) is 25.1 Å². The van der Waals surface area contributed by atoms with Crippen LogP contribution in [0.2, 0.25) is 10.2 Å². The summed E-state index contributed by atoms with van der Waals surface area (Å²) in [7, 11) is 0. The largest absolute Gasteiger partial charge is 0.493 e. The number of allylic oxidation sites excluding steroid dienone is 4. The third-order valence-corrected chi connectivity index (χ3v) is 7.50. The van der Waals surface area contributed by atoms with Gasteiger partial charge in [-0.1, -0.05) is 63.6 Å². The molecule has 0 aliphatic carbocycles. The quantitative estimate of drug-likeness (QED) is 0.194. The third-order valence-electron chi connectivity index (χ3n) is 6.98. The first-order chi connectivity index (χ1) is 17.2. The van der Waals surface area contributed by atoms with Crippen LogP contribution in [0.3, 0.4) is 0 Å². The number of aromatic nitrogens is 2. The molecule has 2 heterocycles. The predicted octanol–water partition coefficient (Wildman–Crippen LogP) is 7.80. The van der Waals surface area contributed by atoms with Crippen molar-refractivity contribution in [2.24, 2.45) is 22.7 Å². The first kappa shape index (κ1) is 27.9. The number of H-pyrrole nitrogens is 1. The maximum atomic E-state index is 13.9. The van der Waals surface area contributed by atoms with Crippen LogP contribution in [0.25, 0.3) is 0 Å². The van der Waals surface area contributed by atoms with E-state index in [1.165, 1.54) is 0 Å². The van der Waals surface area contributed by atoms with Crippen molar-refractivity contribution in [3.8, 4) is 5.75 Å². The van der Waals surface area contributed by atoms with E-state index < -0.39 is 0 Å². The normalized spacial score (nSPS) is 18.3. The van der Waals surface area contributed by atoms with Gasteiger partial charge in [-0.15, -0.1) is 0 Å². The Hall–Kier alpha value is -2.63. The van der Waals surface area contributed by atoms with Crippen molar-refractivity contribution >= 4 is 34.7 Å². The smallest absolute Gasteiger partial charge is 0.170 e. The van der Waals surface area contributed by atoms with Crippen LogP contribution in [0.4, 0.5) is 0 Å². The zero-order valence-electron chi connectivity index (χ0n) is 21.7. The van der Waals surface area contributed by atoms with Crippen LogP contribution < -0.4 is 4.74 Å². The molecule has 0 saturated carbocycles. The van der Waals surface area contributed by atoms with Gasteiger partial charge in [-0.2, -0.15) is 5.10 Å². The average molecular weight is 529 g/mol. The molecule has 1 aromatic heterocycles. The summed E-state index contributed by atoms with van der Waals surface area (Å²) in [5, 5.41) is 7.92. The number of ether oxygens (including phenoxy) is 1. The topological polar surface area (TPSA) is 67.3 Å². The van der Waals surface area contributed by atoms with Crippen molar-refractivity contribution in [1.82, 2.24) is 10.2 Å². The maximum Gasteiger partial charge on any atom is 0.170 e. The van der Waals surface area contributed by atoms with Gasteiger partial charge in [0.1, 0.15) is 10.9 Å². The lowest BCUT2D eigenvalue weighted by Crippen LogP contribution is -2.30. The van der Waals surface area contributed by atoms with Crippen molar-refractivity contribution in [3.05, 3.63) is 81.3 Å². The number of Topliss-reactive ketones (excluding diaryl/α,β-unsaturated/α-hetero) is 1. The number of fused-ring (bicyclic) bond motifs is 1. The van der Waals surface area contributed by atoms with Crippen LogP contribution in [0, 0.1) is 17.8 Å². The molecule has 7 heteroatoms. The molecule has 3 unspecified atom stereocenters. The molecule has 3 atom stereocenters. The average Bonchev–Trinajstić information content (AvgIpc) is 3.31. The van der Waals surface area contributed by atoms with E-state index >= 15 is 0 Å². The Balaban J connectivity index is 2.03. The minimum Gasteiger partial charge on any atom is -0.493 e. The number of halogens is 2. The number of benzene rings is 1. The van der Waals surface area contributed by atoms with Crippen LogP contribution in [-0.4, -0.2) is 28.3 Å². The Morgan fingerprint density at radius 1 is 1.25 bits per heavy atom. The van der Waals surface area contributed by atoms with Crippen molar-refractivity contribution < 1.29 is 9.53 Å². The summed E-state index contributed by atoms with van der Waals surface area (Å²) in [6.45, 7) is 15.0. The number of carbonyl (C=O) groups is 1. The van der Waals surface area contributed by atoms with Gasteiger partial charge >= 0.3 is 0 Å². The molecule has 0 fully saturated rings. The fourth-order valence-electron chi connectivity index (χ4n) is 4.26. The Kier molecular flexibility index (Phi) is 9.75. The van der Waals surface area contributed by atoms with Gasteiger partial charge < -0.3 is 4.74 Å². The van der Waals surface area contributed by atoms with Crippen LogP contribution in [-0.2, 0) is 11.2 Å². The van der Waals surface area contributed by atoms with Crippen LogP contribution in [0.15, 0.2) is 65.0 Å². The van der Waals surface area contributed by atoms with E-state index in [4.69, 9.17) is 32.9 Å². The second-order valence-electron chi connectivity index (χ2n) is 9.33. The second kappa shape index (κ2) is 12.6. The van der Waals surface area contributed by atoms with Gasteiger partial charge in [-0.25, -0.2) is 0 Å². The standard InChI is InChI=1S/C29H35Cl2N3O2/c1-7-17(4)19(6)24(14-32-27(18(5)8-2)25-15-33-34-29(25)31)23(9-3)28(35)21-12-20-13-22(30)10-11-26(20)36-16-21/h9-11,13-15,17-18,21H,6-8,12,16H2,1-5H3,(H,33,34)/b23-9+,24-14+,32-27?. The molecule has 192 valence electrons. The highest BCUT2D eigenvalue weighted by Crippen LogP contribution is 2.34. The highest BCUT2D eigenvalue weighted by atomic mass is 35.5. The van der Waals surface area contributed by atoms with Crippen molar-refractivity contribution in [2.45, 2.75) is 53.9 Å². The predicted molar refractivity (Wildman–Crippen MR) is 149 cm³/mol. The summed E-state index contributed by atoms with van der Waals surface area (Å²) in [5.74, 6) is 0.801. The number of ketones is 1. The lowest BCUT2D eigenvalue weighted by atomic mass is 9.82. The summed E-state index contributed by atoms with van der Waals surface area (Å²) in [5.41, 5.74) is 4.75. The Morgan fingerprint density at radius 2 is 1.97 bits per heavy atom. The number of nitrogens with one attached hydrogen (secondary N) is 1. The molecule has 1 aromatic carbocycles. The minimum atomic E-state index is -0.323. The zero-order valence-corrected chi connectivity index (χ0v) is 23.2. The van der Waals surface area contributed by atoms with Gasteiger partial charge in [0.15, 0.2) is 5.78 Å². The summed E-state index contributed by atoms with van der Waals surface area (Å²) in [6, 6.07) is 5.53. The van der Waals surface area contributed by atoms with E-state index in [9.17, 15) is 4.79 Å². The first-order valence-corrected chi connectivity index (χ1v) is 13.3. The van der Waals surface area contributed by atoms with Gasteiger partial charge in [0.25, 0.3) is 0 Å². The molecule has 0 bridgehead atoms. The van der Waals surface area contributed by atoms with E-state index in [-0.39, 0.29) is 23.5 Å². The fraction of sp³-hybridized carbons (Fsp3) is 0.414. The van der Waals surface area contributed by atoms with E-state index in [1.54, 1.807) is 18.5 Å². The number of hydrogen-bond acceptors (Lipinski definition) is 4. The van der Waals surface area contributed by atoms with Gasteiger partial charge in [0.2, 0.25) is 0 Å². The van der Waals surface area contributed by atoms with E-state index in [2.05, 4.69) is 44.5 Å². The lowest BCUT2D eigenvalue weighted by Gasteiger charge is -2.27. The summed E-state index contributed by atoms with van der Waals surface area (Å²) < 4.78 is 5.92. The number of hydrogen-bond donors (Lipinski definition) is 1. The molecule has 0 radical (unpaired) electrons. The number of nitrogens with zero attached hydrogens (tertiary/aromatic N) is 2. The molecule has 0 spiro atoms. The number of aromatic amines is 1. The first-order valence-electron chi connectivity index (χ1n) is 12.5. The highest BCUT2D eigenvalue weighted by molar-refractivity contribution is 6.33. The molecular formula is C29H35Cl2N3O2. The molecular weight excluding hydrogens is 493 g/mol. The summed E-state index contributed by atoms with van der Waals surface area (Å²) in [4.78, 5) is 18.7. The van der Waals surface area contributed by atoms with Crippen LogP contribution in [0.1, 0.15) is 58.6 Å². The Bertz CT molecular complexity index is 1210. The highest BCUT2D eigenvalue weighted by Gasteiger charge is 2.30. The second-order valence-corrected chi connectivity index (χ2v) is 10.1. The summed E-state index contributed by atoms with van der Waals surface area (Å²) >= 11 is 12.5. The molecule has 3 rings (SSSR count). The number of carbonyl (C=O) groups excluding carboxylic acids is 1. The lowest BCUT2D eigenvalue weighted by molar-refractivity contribution is -0.120. The maximum absolute atomic E-state index is 13.9. The molecule has 36 heavy (non-hydrogen) atoms. The molecule has 5 nitrogen and oxygen atoms in total. The molecule has 2 aromatic rings.